The molecule has 0 radical (unpaired) electrons. The van der Waals surface area contributed by atoms with E-state index in [-0.39, 0.29) is 23.3 Å². The Morgan fingerprint density at radius 2 is 1.67 bits per heavy atom. The fraction of sp³-hybridized carbons (Fsp3) is 0.444. The summed E-state index contributed by atoms with van der Waals surface area (Å²) in [5.41, 5.74) is 1.74. The highest BCUT2D eigenvalue weighted by atomic mass is 32.2. The predicted octanol–water partition coefficient (Wildman–Crippen LogP) is 0.490. The second kappa shape index (κ2) is 6.56. The van der Waals surface area contributed by atoms with Crippen LogP contribution in [0, 0.1) is 0 Å². The van der Waals surface area contributed by atoms with Crippen molar-refractivity contribution in [1.29, 1.82) is 0 Å². The molecular weight excluding hydrogens is 368 g/mol. The van der Waals surface area contributed by atoms with E-state index in [1.165, 1.54) is 0 Å². The molecule has 142 valence electrons. The Kier molecular flexibility index (Phi) is 4.33. The fourth-order valence-corrected chi connectivity index (χ4v) is 5.96. The van der Waals surface area contributed by atoms with Gasteiger partial charge < -0.3 is 9.80 Å². The van der Waals surface area contributed by atoms with Gasteiger partial charge in [-0.15, -0.1) is 0 Å². The molecule has 2 aliphatic heterocycles. The normalized spacial score (nSPS) is 24.0. The Balaban J connectivity index is 1.66. The van der Waals surface area contributed by atoms with Crippen LogP contribution in [0.15, 0.2) is 30.6 Å². The quantitative estimate of drug-likeness (QED) is 0.742. The summed E-state index contributed by atoms with van der Waals surface area (Å²) in [4.78, 5) is 37.0. The van der Waals surface area contributed by atoms with Gasteiger partial charge in [0.2, 0.25) is 5.91 Å². The number of nitrogens with zero attached hydrogens (tertiary/aromatic N) is 4. The zero-order valence-electron chi connectivity index (χ0n) is 14.9. The largest absolute Gasteiger partial charge is 0.335 e. The summed E-state index contributed by atoms with van der Waals surface area (Å²) in [6.07, 6.45) is 3.47. The number of benzene rings is 1. The molecule has 1 aromatic heterocycles. The Bertz CT molecular complexity index is 1020. The van der Waals surface area contributed by atoms with Gasteiger partial charge in [0.15, 0.2) is 9.84 Å². The molecule has 8 nitrogen and oxygen atoms in total. The van der Waals surface area contributed by atoms with Crippen LogP contribution >= 0.6 is 0 Å². The zero-order valence-corrected chi connectivity index (χ0v) is 15.7. The molecule has 0 bridgehead atoms. The van der Waals surface area contributed by atoms with Crippen LogP contribution in [0.2, 0.25) is 0 Å². The van der Waals surface area contributed by atoms with Gasteiger partial charge in [0, 0.05) is 37.5 Å². The van der Waals surface area contributed by atoms with Crippen molar-refractivity contribution >= 4 is 32.7 Å². The van der Waals surface area contributed by atoms with E-state index in [2.05, 4.69) is 9.97 Å². The smallest absolute Gasteiger partial charge is 0.254 e. The molecule has 1 aromatic carbocycles. The lowest BCUT2D eigenvalue weighted by molar-refractivity contribution is -0.135. The summed E-state index contributed by atoms with van der Waals surface area (Å²) in [5, 5.41) is 0. The van der Waals surface area contributed by atoms with Crippen molar-refractivity contribution in [2.75, 3.05) is 24.6 Å². The molecule has 2 fully saturated rings. The average Bonchev–Trinajstić information content (AvgIpc) is 3.00. The molecule has 2 amide bonds. The summed E-state index contributed by atoms with van der Waals surface area (Å²) < 4.78 is 24.5. The topological polar surface area (TPSA) is 101 Å². The minimum atomic E-state index is -3.30. The molecule has 0 aliphatic carbocycles. The van der Waals surface area contributed by atoms with Crippen molar-refractivity contribution in [3.63, 3.8) is 0 Å². The molecule has 3 heterocycles. The van der Waals surface area contributed by atoms with Crippen LogP contribution in [-0.2, 0) is 14.6 Å². The number of fused-ring (bicyclic) bond motifs is 2. The average molecular weight is 388 g/mol. The Morgan fingerprint density at radius 1 is 1.04 bits per heavy atom. The molecule has 27 heavy (non-hydrogen) atoms. The summed E-state index contributed by atoms with van der Waals surface area (Å²) in [5.74, 6) is -0.505. The van der Waals surface area contributed by atoms with Crippen LogP contribution in [0.25, 0.3) is 11.0 Å². The maximum absolute atomic E-state index is 13.1. The van der Waals surface area contributed by atoms with E-state index in [1.54, 1.807) is 47.3 Å². The van der Waals surface area contributed by atoms with E-state index in [4.69, 9.17) is 0 Å². The number of carbonyl (C=O) groups excluding carboxylic acids is 2. The first-order valence-corrected chi connectivity index (χ1v) is 10.7. The number of amides is 2. The number of hydrogen-bond acceptors (Lipinski definition) is 6. The summed E-state index contributed by atoms with van der Waals surface area (Å²) in [7, 11) is -3.30. The third-order valence-corrected chi connectivity index (χ3v) is 6.97. The second-order valence-corrected chi connectivity index (χ2v) is 9.06. The van der Waals surface area contributed by atoms with Crippen LogP contribution in [-0.4, -0.2) is 76.7 Å². The van der Waals surface area contributed by atoms with Gasteiger partial charge in [0.05, 0.1) is 34.6 Å². The van der Waals surface area contributed by atoms with Crippen molar-refractivity contribution in [2.24, 2.45) is 0 Å². The first-order valence-electron chi connectivity index (χ1n) is 8.91. The van der Waals surface area contributed by atoms with Crippen LogP contribution in [0.3, 0.4) is 0 Å². The number of hydrogen-bond donors (Lipinski definition) is 0. The third-order valence-electron chi connectivity index (χ3n) is 5.28. The third kappa shape index (κ3) is 3.16. The monoisotopic (exact) mass is 388 g/mol. The molecule has 9 heteroatoms. The van der Waals surface area contributed by atoms with E-state index >= 15 is 0 Å². The van der Waals surface area contributed by atoms with Gasteiger partial charge in [-0.05, 0) is 18.2 Å². The number of aromatic nitrogens is 2. The predicted molar refractivity (Wildman–Crippen MR) is 98.8 cm³/mol. The molecule has 0 spiro atoms. The zero-order chi connectivity index (χ0) is 19.2. The molecular formula is C18H20N4O4S. The van der Waals surface area contributed by atoms with Crippen molar-refractivity contribution in [3.8, 4) is 0 Å². The molecule has 2 atom stereocenters. The fourth-order valence-electron chi connectivity index (χ4n) is 3.98. The van der Waals surface area contributed by atoms with Gasteiger partial charge in [-0.1, -0.05) is 6.92 Å². The number of piperazine rings is 1. The summed E-state index contributed by atoms with van der Waals surface area (Å²) >= 11 is 0. The van der Waals surface area contributed by atoms with Gasteiger partial charge in [-0.2, -0.15) is 0 Å². The summed E-state index contributed by atoms with van der Waals surface area (Å²) in [6, 6.07) is 4.10. The first kappa shape index (κ1) is 17.8. The SMILES string of the molecule is CCC(=O)N1CCN(C(=O)c2ccc3nccnc3c2)[C@H]2CS(=O)(=O)C[C@H]21. The van der Waals surface area contributed by atoms with E-state index in [1.807, 2.05) is 0 Å². The van der Waals surface area contributed by atoms with Gasteiger partial charge >= 0.3 is 0 Å². The number of rotatable bonds is 2. The molecule has 4 rings (SSSR count). The van der Waals surface area contributed by atoms with Gasteiger partial charge in [0.1, 0.15) is 0 Å². The standard InChI is InChI=1S/C18H20N4O4S/c1-2-17(23)21-7-8-22(16-11-27(25,26)10-15(16)21)18(24)12-3-4-13-14(9-12)20-6-5-19-13/h3-6,9,15-16H,2,7-8,10-11H2,1H3/t15-,16+/m1/s1. The second-order valence-electron chi connectivity index (χ2n) is 6.91. The Hall–Kier alpha value is -2.55. The summed E-state index contributed by atoms with van der Waals surface area (Å²) in [6.45, 7) is 2.43. The number of sulfone groups is 1. The van der Waals surface area contributed by atoms with Crippen LogP contribution < -0.4 is 0 Å². The molecule has 2 saturated heterocycles. The van der Waals surface area contributed by atoms with E-state index in [9.17, 15) is 18.0 Å². The lowest BCUT2D eigenvalue weighted by atomic mass is 10.0. The molecule has 0 N–H and O–H groups in total. The van der Waals surface area contributed by atoms with Crippen molar-refractivity contribution in [2.45, 2.75) is 25.4 Å². The van der Waals surface area contributed by atoms with Gasteiger partial charge in [-0.25, -0.2) is 8.42 Å². The highest BCUT2D eigenvalue weighted by molar-refractivity contribution is 7.91. The van der Waals surface area contributed by atoms with Crippen LogP contribution in [0.4, 0.5) is 0 Å². The maximum atomic E-state index is 13.1. The molecule has 0 saturated carbocycles. The lowest BCUT2D eigenvalue weighted by Crippen LogP contribution is -2.61. The van der Waals surface area contributed by atoms with Crippen molar-refractivity contribution in [3.05, 3.63) is 36.2 Å². The van der Waals surface area contributed by atoms with Crippen LogP contribution in [0.1, 0.15) is 23.7 Å². The van der Waals surface area contributed by atoms with E-state index in [0.717, 1.165) is 0 Å². The van der Waals surface area contributed by atoms with E-state index in [0.29, 0.717) is 36.1 Å². The minimum Gasteiger partial charge on any atom is -0.335 e. The highest BCUT2D eigenvalue weighted by Gasteiger charge is 2.49. The van der Waals surface area contributed by atoms with Crippen molar-refractivity contribution < 1.29 is 18.0 Å². The maximum Gasteiger partial charge on any atom is 0.254 e. The van der Waals surface area contributed by atoms with Gasteiger partial charge in [-0.3, -0.25) is 19.6 Å². The Morgan fingerprint density at radius 3 is 2.37 bits per heavy atom. The molecule has 0 unspecified atom stereocenters. The Labute approximate surface area is 157 Å². The minimum absolute atomic E-state index is 0.0739. The first-order chi connectivity index (χ1) is 12.9. The number of carbonyl (C=O) groups is 2. The molecule has 2 aromatic rings. The molecule has 2 aliphatic rings. The van der Waals surface area contributed by atoms with Crippen molar-refractivity contribution in [1.82, 2.24) is 19.8 Å². The van der Waals surface area contributed by atoms with Crippen LogP contribution in [0.5, 0.6) is 0 Å². The highest BCUT2D eigenvalue weighted by Crippen LogP contribution is 2.29. The van der Waals surface area contributed by atoms with Gasteiger partial charge in [0.25, 0.3) is 5.91 Å². The lowest BCUT2D eigenvalue weighted by Gasteiger charge is -2.43. The van der Waals surface area contributed by atoms with E-state index < -0.39 is 21.9 Å².